The van der Waals surface area contributed by atoms with Gasteiger partial charge in [0.25, 0.3) is 0 Å². The van der Waals surface area contributed by atoms with Gasteiger partial charge in [0.2, 0.25) is 0 Å². The van der Waals surface area contributed by atoms with Crippen LogP contribution < -0.4 is 0 Å². The summed E-state index contributed by atoms with van der Waals surface area (Å²) in [7, 11) is 2.54. The van der Waals surface area contributed by atoms with Crippen molar-refractivity contribution in [3.8, 4) is 0 Å². The Bertz CT molecular complexity index is 186. The second-order valence-corrected chi connectivity index (χ2v) is 8.65. The van der Waals surface area contributed by atoms with Gasteiger partial charge >= 0.3 is 0 Å². The van der Waals surface area contributed by atoms with E-state index < -0.39 is 0 Å². The molecule has 0 saturated carbocycles. The van der Waals surface area contributed by atoms with Gasteiger partial charge in [-0.3, -0.25) is 0 Å². The molecule has 0 N–H and O–H groups in total. The summed E-state index contributed by atoms with van der Waals surface area (Å²) in [4.78, 5) is 0. The van der Waals surface area contributed by atoms with Crippen molar-refractivity contribution in [1.82, 2.24) is 0 Å². The van der Waals surface area contributed by atoms with Gasteiger partial charge in [0.15, 0.2) is 0 Å². The molecule has 1 radical (unpaired) electrons. The highest BCUT2D eigenvalue weighted by molar-refractivity contribution is 7.99. The molecule has 0 unspecified atom stereocenters. The Morgan fingerprint density at radius 3 is 1.46 bits per heavy atom. The lowest BCUT2D eigenvalue weighted by atomic mass is 9.70. The van der Waals surface area contributed by atoms with Gasteiger partial charge in [-0.25, -0.2) is 0 Å². The molecule has 0 bridgehead atoms. The molecule has 0 aliphatic heterocycles. The zero-order chi connectivity index (χ0) is 17.6. The third-order valence-electron chi connectivity index (χ3n) is 4.87. The van der Waals surface area contributed by atoms with Gasteiger partial charge in [0, 0.05) is 0 Å². The van der Waals surface area contributed by atoms with Gasteiger partial charge in [0.05, 0.1) is 0 Å². The summed E-state index contributed by atoms with van der Waals surface area (Å²) in [6, 6.07) is 0. The molecule has 2 heteroatoms. The van der Waals surface area contributed by atoms with E-state index in [2.05, 4.69) is 32.9 Å². The molecular formula is C22H46BS. The predicted octanol–water partition coefficient (Wildman–Crippen LogP) is 8.54. The van der Waals surface area contributed by atoms with Crippen molar-refractivity contribution >= 4 is 19.0 Å². The molecule has 0 aromatic rings. The average Bonchev–Trinajstić information content (AvgIpc) is 2.60. The first-order valence-electron chi connectivity index (χ1n) is 11.3. The minimum atomic E-state index is 1.33. The second kappa shape index (κ2) is 23.4. The van der Waals surface area contributed by atoms with Crippen molar-refractivity contribution < 1.29 is 0 Å². The van der Waals surface area contributed by atoms with Crippen LogP contribution in [0.2, 0.25) is 12.6 Å². The molecule has 0 aliphatic rings. The predicted molar refractivity (Wildman–Crippen MR) is 118 cm³/mol. The quantitative estimate of drug-likeness (QED) is 0.147. The van der Waals surface area contributed by atoms with Crippen LogP contribution in [0.4, 0.5) is 0 Å². The Hall–Kier alpha value is 0.415. The molecule has 0 aromatic heterocycles. The summed E-state index contributed by atoms with van der Waals surface area (Å²) in [5, 5.41) is 0. The van der Waals surface area contributed by atoms with E-state index in [0.717, 1.165) is 0 Å². The van der Waals surface area contributed by atoms with E-state index in [1.165, 1.54) is 127 Å². The molecule has 0 amide bonds. The van der Waals surface area contributed by atoms with Gasteiger partial charge in [-0.15, -0.1) is 0 Å². The van der Waals surface area contributed by atoms with Crippen molar-refractivity contribution in [2.75, 3.05) is 11.5 Å². The third kappa shape index (κ3) is 22.4. The van der Waals surface area contributed by atoms with E-state index in [0.29, 0.717) is 0 Å². The van der Waals surface area contributed by atoms with E-state index in [9.17, 15) is 0 Å². The number of hydrogen-bond acceptors (Lipinski definition) is 1. The van der Waals surface area contributed by atoms with E-state index in [1.54, 1.807) is 0 Å². The molecule has 0 fully saturated rings. The van der Waals surface area contributed by atoms with Crippen molar-refractivity contribution in [2.45, 2.75) is 129 Å². The fourth-order valence-corrected chi connectivity index (χ4v) is 4.12. The van der Waals surface area contributed by atoms with E-state index in [1.807, 2.05) is 0 Å². The number of hydrogen-bond donors (Lipinski definition) is 0. The largest absolute Gasteiger partial charge is 0.163 e. The highest BCUT2D eigenvalue weighted by Gasteiger charge is 1.96. The van der Waals surface area contributed by atoms with Crippen LogP contribution in [0.5, 0.6) is 0 Å². The van der Waals surface area contributed by atoms with E-state index >= 15 is 0 Å². The highest BCUT2D eigenvalue weighted by Crippen LogP contribution is 2.13. The first-order chi connectivity index (χ1) is 11.9. The van der Waals surface area contributed by atoms with E-state index in [4.69, 9.17) is 0 Å². The third-order valence-corrected chi connectivity index (χ3v) is 5.97. The normalized spacial score (nSPS) is 11.1. The maximum absolute atomic E-state index is 2.54. The van der Waals surface area contributed by atoms with Gasteiger partial charge in [-0.1, -0.05) is 123 Å². The number of rotatable bonds is 21. The molecule has 0 aromatic carbocycles. The SMILES string of the molecule is CCCCCCCCCCCCC[B]CCSCCCCCCC. The average molecular weight is 353 g/mol. The fraction of sp³-hybridized carbons (Fsp3) is 1.00. The summed E-state index contributed by atoms with van der Waals surface area (Å²) in [5.74, 6) is 2.74. The molecular weight excluding hydrogens is 307 g/mol. The molecule has 0 saturated heterocycles. The van der Waals surface area contributed by atoms with Crippen LogP contribution in [0.15, 0.2) is 0 Å². The van der Waals surface area contributed by atoms with Gasteiger partial charge < -0.3 is 0 Å². The molecule has 0 rings (SSSR count). The van der Waals surface area contributed by atoms with Crippen molar-refractivity contribution in [3.05, 3.63) is 0 Å². The molecule has 0 atom stereocenters. The minimum absolute atomic E-state index is 1.33. The summed E-state index contributed by atoms with van der Waals surface area (Å²) in [6.07, 6.45) is 25.8. The number of thioether (sulfide) groups is 1. The van der Waals surface area contributed by atoms with Crippen molar-refractivity contribution in [3.63, 3.8) is 0 Å². The van der Waals surface area contributed by atoms with Crippen LogP contribution in [-0.2, 0) is 0 Å². The Balaban J connectivity index is 2.93. The Labute approximate surface area is 160 Å². The topological polar surface area (TPSA) is 0 Å². The van der Waals surface area contributed by atoms with Gasteiger partial charge in [0.1, 0.15) is 7.28 Å². The summed E-state index contributed by atoms with van der Waals surface area (Å²) in [5.41, 5.74) is 0. The molecule has 0 heterocycles. The van der Waals surface area contributed by atoms with Crippen molar-refractivity contribution in [2.24, 2.45) is 0 Å². The summed E-state index contributed by atoms with van der Waals surface area (Å²) in [6.45, 7) is 4.59. The van der Waals surface area contributed by atoms with Gasteiger partial charge in [-0.05, 0) is 17.9 Å². The minimum Gasteiger partial charge on any atom is -0.163 e. The van der Waals surface area contributed by atoms with Gasteiger partial charge in [-0.2, -0.15) is 11.8 Å². The maximum atomic E-state index is 2.54. The smallest absolute Gasteiger partial charge is 0.110 e. The molecule has 0 spiro atoms. The van der Waals surface area contributed by atoms with Crippen LogP contribution >= 0.6 is 11.8 Å². The van der Waals surface area contributed by atoms with Crippen molar-refractivity contribution in [1.29, 1.82) is 0 Å². The van der Waals surface area contributed by atoms with Crippen LogP contribution in [-0.4, -0.2) is 18.8 Å². The zero-order valence-corrected chi connectivity index (χ0v) is 17.9. The van der Waals surface area contributed by atoms with Crippen LogP contribution in [0.1, 0.15) is 117 Å². The summed E-state index contributed by atoms with van der Waals surface area (Å²) >= 11 is 2.16. The van der Waals surface area contributed by atoms with E-state index in [-0.39, 0.29) is 0 Å². The zero-order valence-electron chi connectivity index (χ0n) is 17.1. The van der Waals surface area contributed by atoms with Crippen LogP contribution in [0, 0.1) is 0 Å². The maximum Gasteiger partial charge on any atom is 0.110 e. The lowest BCUT2D eigenvalue weighted by molar-refractivity contribution is 0.554. The standard InChI is InChI=1S/C22H46BS/c1-3-5-7-9-10-11-12-13-14-15-17-19-23-20-22-24-21-18-16-8-6-4-2/h3-22H2,1-2H3. The van der Waals surface area contributed by atoms with Crippen LogP contribution in [0.25, 0.3) is 0 Å². The van der Waals surface area contributed by atoms with Crippen LogP contribution in [0.3, 0.4) is 0 Å². The Morgan fingerprint density at radius 2 is 0.917 bits per heavy atom. The number of unbranched alkanes of at least 4 members (excludes halogenated alkanes) is 14. The highest BCUT2D eigenvalue weighted by atomic mass is 32.2. The first kappa shape index (κ1) is 24.4. The molecule has 24 heavy (non-hydrogen) atoms. The summed E-state index contributed by atoms with van der Waals surface area (Å²) < 4.78 is 0. The molecule has 143 valence electrons. The first-order valence-corrected chi connectivity index (χ1v) is 12.5. The Morgan fingerprint density at radius 1 is 0.458 bits per heavy atom. The Kier molecular flexibility index (Phi) is 23.8. The molecule has 0 aliphatic carbocycles. The second-order valence-electron chi connectivity index (χ2n) is 7.43. The molecule has 0 nitrogen and oxygen atoms in total. The monoisotopic (exact) mass is 353 g/mol. The fourth-order valence-electron chi connectivity index (χ4n) is 3.17. The lowest BCUT2D eigenvalue weighted by Gasteiger charge is -2.03. The lowest BCUT2D eigenvalue weighted by Crippen LogP contribution is -1.93.